The lowest BCUT2D eigenvalue weighted by atomic mass is 10.2. The SMILES string of the molecule is CCSCCC(C)NC(=O)c1sc2cccc(Br)c2c1N. The maximum atomic E-state index is 12.4. The molecular weight excluding hydrogens is 368 g/mol. The topological polar surface area (TPSA) is 55.1 Å². The van der Waals surface area contributed by atoms with Crippen molar-refractivity contribution in [1.82, 2.24) is 5.32 Å². The molecular formula is C15H19BrN2OS2. The summed E-state index contributed by atoms with van der Waals surface area (Å²) in [7, 11) is 0. The van der Waals surface area contributed by atoms with Crippen LogP contribution in [0.5, 0.6) is 0 Å². The van der Waals surface area contributed by atoms with Crippen molar-refractivity contribution < 1.29 is 4.79 Å². The average molecular weight is 387 g/mol. The van der Waals surface area contributed by atoms with E-state index >= 15 is 0 Å². The van der Waals surface area contributed by atoms with Crippen LogP contribution in [0.15, 0.2) is 22.7 Å². The number of amides is 1. The minimum Gasteiger partial charge on any atom is -0.397 e. The van der Waals surface area contributed by atoms with Gasteiger partial charge in [0.2, 0.25) is 0 Å². The number of hydrogen-bond acceptors (Lipinski definition) is 4. The fraction of sp³-hybridized carbons (Fsp3) is 0.400. The zero-order chi connectivity index (χ0) is 15.4. The minimum atomic E-state index is -0.0744. The zero-order valence-electron chi connectivity index (χ0n) is 12.1. The molecule has 0 aliphatic carbocycles. The number of carbonyl (C=O) groups is 1. The number of carbonyl (C=O) groups excluding carboxylic acids is 1. The number of nitrogens with two attached hydrogens (primary N) is 1. The Hall–Kier alpha value is -0.720. The van der Waals surface area contributed by atoms with E-state index in [1.807, 2.05) is 36.9 Å². The van der Waals surface area contributed by atoms with Gasteiger partial charge in [0.05, 0.1) is 5.69 Å². The Labute approximate surface area is 141 Å². The molecule has 1 unspecified atom stereocenters. The fourth-order valence-electron chi connectivity index (χ4n) is 2.06. The van der Waals surface area contributed by atoms with Gasteiger partial charge in [0, 0.05) is 20.6 Å². The minimum absolute atomic E-state index is 0.0744. The van der Waals surface area contributed by atoms with Gasteiger partial charge in [0.15, 0.2) is 0 Å². The molecule has 0 fully saturated rings. The first-order valence-corrected chi connectivity index (χ1v) is 9.66. The molecule has 1 atom stereocenters. The average Bonchev–Trinajstić information content (AvgIpc) is 2.78. The Balaban J connectivity index is 2.13. The van der Waals surface area contributed by atoms with Crippen LogP contribution in [0.1, 0.15) is 29.9 Å². The van der Waals surface area contributed by atoms with Crippen molar-refractivity contribution in [3.8, 4) is 0 Å². The first-order chi connectivity index (χ1) is 10.0. The summed E-state index contributed by atoms with van der Waals surface area (Å²) >= 11 is 6.83. The van der Waals surface area contributed by atoms with Crippen LogP contribution in [0.4, 0.5) is 5.69 Å². The van der Waals surface area contributed by atoms with E-state index in [1.54, 1.807) is 0 Å². The molecule has 1 aromatic carbocycles. The van der Waals surface area contributed by atoms with Crippen LogP contribution in [0.25, 0.3) is 10.1 Å². The van der Waals surface area contributed by atoms with Gasteiger partial charge in [0.25, 0.3) is 5.91 Å². The van der Waals surface area contributed by atoms with Gasteiger partial charge in [-0.25, -0.2) is 0 Å². The molecule has 3 nitrogen and oxygen atoms in total. The number of fused-ring (bicyclic) bond motifs is 1. The standard InChI is InChI=1S/C15H19BrN2OS2/c1-3-20-8-7-9(2)18-15(19)14-13(17)12-10(16)5-4-6-11(12)21-14/h4-6,9H,3,7-8,17H2,1-2H3,(H,18,19). The first-order valence-electron chi connectivity index (χ1n) is 6.89. The summed E-state index contributed by atoms with van der Waals surface area (Å²) in [6.07, 6.45) is 0.971. The molecule has 0 saturated carbocycles. The lowest BCUT2D eigenvalue weighted by molar-refractivity contribution is 0.0944. The van der Waals surface area contributed by atoms with Gasteiger partial charge in [-0.2, -0.15) is 11.8 Å². The summed E-state index contributed by atoms with van der Waals surface area (Å²) in [4.78, 5) is 13.0. The highest BCUT2D eigenvalue weighted by Crippen LogP contribution is 2.38. The third kappa shape index (κ3) is 3.93. The van der Waals surface area contributed by atoms with Crippen LogP contribution < -0.4 is 11.1 Å². The molecule has 1 aromatic heterocycles. The number of hydrogen-bond donors (Lipinski definition) is 2. The maximum Gasteiger partial charge on any atom is 0.263 e. The number of rotatable bonds is 6. The molecule has 0 bridgehead atoms. The molecule has 0 spiro atoms. The van der Waals surface area contributed by atoms with Crippen LogP contribution in [-0.2, 0) is 0 Å². The van der Waals surface area contributed by atoms with Gasteiger partial charge in [0.1, 0.15) is 4.88 Å². The van der Waals surface area contributed by atoms with Crippen LogP contribution >= 0.6 is 39.0 Å². The predicted octanol–water partition coefficient (Wildman–Crippen LogP) is 4.51. The van der Waals surface area contributed by atoms with E-state index in [1.165, 1.54) is 11.3 Å². The molecule has 3 N–H and O–H groups in total. The molecule has 2 rings (SSSR count). The van der Waals surface area contributed by atoms with E-state index in [0.717, 1.165) is 32.5 Å². The molecule has 2 aromatic rings. The van der Waals surface area contributed by atoms with Crippen molar-refractivity contribution in [3.63, 3.8) is 0 Å². The Kier molecular flexibility index (Phi) is 5.96. The summed E-state index contributed by atoms with van der Waals surface area (Å²) in [6, 6.07) is 6.04. The van der Waals surface area contributed by atoms with Crippen molar-refractivity contribution in [2.24, 2.45) is 0 Å². The van der Waals surface area contributed by atoms with Crippen LogP contribution in [-0.4, -0.2) is 23.5 Å². The third-order valence-electron chi connectivity index (χ3n) is 3.18. The first kappa shape index (κ1) is 16.6. The zero-order valence-corrected chi connectivity index (χ0v) is 15.3. The number of anilines is 1. The van der Waals surface area contributed by atoms with Crippen molar-refractivity contribution >= 4 is 60.7 Å². The van der Waals surface area contributed by atoms with E-state index in [0.29, 0.717) is 10.6 Å². The van der Waals surface area contributed by atoms with Gasteiger partial charge >= 0.3 is 0 Å². The van der Waals surface area contributed by atoms with Crippen molar-refractivity contribution in [3.05, 3.63) is 27.5 Å². The van der Waals surface area contributed by atoms with Gasteiger partial charge < -0.3 is 11.1 Å². The summed E-state index contributed by atoms with van der Waals surface area (Å²) in [5.74, 6) is 2.10. The van der Waals surface area contributed by atoms with Gasteiger partial charge in [-0.05, 0) is 37.0 Å². The van der Waals surface area contributed by atoms with Crippen molar-refractivity contribution in [2.75, 3.05) is 17.2 Å². The number of thioether (sulfide) groups is 1. The summed E-state index contributed by atoms with van der Waals surface area (Å²) in [6.45, 7) is 4.18. The largest absolute Gasteiger partial charge is 0.397 e. The lowest BCUT2D eigenvalue weighted by Gasteiger charge is -2.13. The van der Waals surface area contributed by atoms with Crippen molar-refractivity contribution in [2.45, 2.75) is 26.3 Å². The second-order valence-electron chi connectivity index (χ2n) is 4.82. The van der Waals surface area contributed by atoms with Crippen LogP contribution in [0.3, 0.4) is 0 Å². The van der Waals surface area contributed by atoms with E-state index in [9.17, 15) is 4.79 Å². The Bertz CT molecular complexity index is 642. The monoisotopic (exact) mass is 386 g/mol. The van der Waals surface area contributed by atoms with Crippen LogP contribution in [0.2, 0.25) is 0 Å². The molecule has 0 aliphatic rings. The molecule has 1 amide bonds. The second kappa shape index (κ2) is 7.51. The number of nitrogens with one attached hydrogen (secondary N) is 1. The van der Waals surface area contributed by atoms with E-state index in [-0.39, 0.29) is 11.9 Å². The smallest absolute Gasteiger partial charge is 0.263 e. The number of benzene rings is 1. The Morgan fingerprint density at radius 2 is 2.29 bits per heavy atom. The fourth-order valence-corrected chi connectivity index (χ4v) is 4.64. The van der Waals surface area contributed by atoms with E-state index in [2.05, 4.69) is 28.2 Å². The Morgan fingerprint density at radius 1 is 1.52 bits per heavy atom. The summed E-state index contributed by atoms with van der Waals surface area (Å²) in [5, 5.41) is 3.97. The normalized spacial score (nSPS) is 12.5. The van der Waals surface area contributed by atoms with Gasteiger partial charge in [-0.3, -0.25) is 4.79 Å². The summed E-state index contributed by atoms with van der Waals surface area (Å²) in [5.41, 5.74) is 6.72. The maximum absolute atomic E-state index is 12.4. The second-order valence-corrected chi connectivity index (χ2v) is 8.12. The van der Waals surface area contributed by atoms with Crippen LogP contribution in [0, 0.1) is 0 Å². The number of halogens is 1. The Morgan fingerprint density at radius 3 is 2.95 bits per heavy atom. The van der Waals surface area contributed by atoms with E-state index < -0.39 is 0 Å². The summed E-state index contributed by atoms with van der Waals surface area (Å²) < 4.78 is 1.96. The molecule has 0 aliphatic heterocycles. The highest BCUT2D eigenvalue weighted by atomic mass is 79.9. The number of thiophene rings is 1. The molecule has 0 saturated heterocycles. The third-order valence-corrected chi connectivity index (χ3v) is 5.95. The lowest BCUT2D eigenvalue weighted by Crippen LogP contribution is -2.32. The molecule has 0 radical (unpaired) electrons. The van der Waals surface area contributed by atoms with Gasteiger partial charge in [-0.1, -0.05) is 28.9 Å². The molecule has 21 heavy (non-hydrogen) atoms. The van der Waals surface area contributed by atoms with Gasteiger partial charge in [-0.15, -0.1) is 11.3 Å². The van der Waals surface area contributed by atoms with E-state index in [4.69, 9.17) is 5.73 Å². The highest BCUT2D eigenvalue weighted by Gasteiger charge is 2.19. The molecule has 1 heterocycles. The molecule has 6 heteroatoms. The quantitative estimate of drug-likeness (QED) is 0.718. The molecule has 114 valence electrons. The highest BCUT2D eigenvalue weighted by molar-refractivity contribution is 9.10. The van der Waals surface area contributed by atoms with Crippen molar-refractivity contribution in [1.29, 1.82) is 0 Å². The predicted molar refractivity (Wildman–Crippen MR) is 98.5 cm³/mol. The number of nitrogen functional groups attached to an aromatic ring is 1.